The molecule has 24 heavy (non-hydrogen) atoms. The molecule has 2 nitrogen and oxygen atoms in total. The van der Waals surface area contributed by atoms with Gasteiger partial charge in [-0.2, -0.15) is 0 Å². The van der Waals surface area contributed by atoms with Gasteiger partial charge in [0.15, 0.2) is 0 Å². The van der Waals surface area contributed by atoms with Crippen LogP contribution >= 0.6 is 0 Å². The summed E-state index contributed by atoms with van der Waals surface area (Å²) in [5.74, 6) is 1.33. The smallest absolute Gasteiger partial charge is 0.0755 e. The number of aromatic nitrogens is 1. The molecule has 0 aliphatic heterocycles. The van der Waals surface area contributed by atoms with Gasteiger partial charge < -0.3 is 5.32 Å². The van der Waals surface area contributed by atoms with Gasteiger partial charge in [0, 0.05) is 28.2 Å². The van der Waals surface area contributed by atoms with Crippen LogP contribution in [0.1, 0.15) is 54.3 Å². The molecule has 1 aromatic heterocycles. The van der Waals surface area contributed by atoms with E-state index in [-0.39, 0.29) is 0 Å². The van der Waals surface area contributed by atoms with Crippen LogP contribution in [0.3, 0.4) is 0 Å². The molecule has 0 spiro atoms. The predicted octanol–water partition coefficient (Wildman–Crippen LogP) is 6.04. The molecule has 0 atom stereocenters. The fourth-order valence-corrected chi connectivity index (χ4v) is 4.64. The van der Waals surface area contributed by atoms with E-state index in [9.17, 15) is 0 Å². The third-order valence-corrected chi connectivity index (χ3v) is 5.85. The van der Waals surface area contributed by atoms with Crippen LogP contribution < -0.4 is 5.32 Å². The number of benzene rings is 2. The number of fused-ring (bicyclic) bond motifs is 3. The molecule has 1 fully saturated rings. The van der Waals surface area contributed by atoms with Gasteiger partial charge in [-0.05, 0) is 56.2 Å². The van der Waals surface area contributed by atoms with Gasteiger partial charge in [0.05, 0.1) is 11.2 Å². The average Bonchev–Trinajstić information content (AvgIpc) is 2.64. The van der Waals surface area contributed by atoms with E-state index in [2.05, 4.69) is 60.8 Å². The molecule has 2 heteroatoms. The van der Waals surface area contributed by atoms with Crippen molar-refractivity contribution in [3.8, 4) is 0 Å². The molecule has 3 aromatic rings. The van der Waals surface area contributed by atoms with Crippen molar-refractivity contribution < 1.29 is 0 Å². The normalized spacial score (nSPS) is 21.7. The number of rotatable bonds is 2. The lowest BCUT2D eigenvalue weighted by Crippen LogP contribution is -2.24. The summed E-state index contributed by atoms with van der Waals surface area (Å²) in [7, 11) is 0. The molecule has 1 saturated carbocycles. The zero-order valence-corrected chi connectivity index (χ0v) is 14.0. The Morgan fingerprint density at radius 2 is 1.62 bits per heavy atom. The molecule has 120 valence electrons. The van der Waals surface area contributed by atoms with E-state index >= 15 is 0 Å². The highest BCUT2D eigenvalue weighted by Crippen LogP contribution is 2.53. The van der Waals surface area contributed by atoms with Crippen molar-refractivity contribution in [3.63, 3.8) is 0 Å². The lowest BCUT2D eigenvalue weighted by molar-refractivity contribution is 0.353. The molecule has 0 unspecified atom stereocenters. The van der Waals surface area contributed by atoms with Crippen LogP contribution in [0.5, 0.6) is 0 Å². The van der Waals surface area contributed by atoms with Crippen molar-refractivity contribution >= 4 is 22.3 Å². The number of hydrogen-bond donors (Lipinski definition) is 1. The zero-order chi connectivity index (χ0) is 16.1. The fraction of sp³-hybridized carbons (Fsp3) is 0.318. The Labute approximate surface area is 142 Å². The van der Waals surface area contributed by atoms with Crippen LogP contribution in [0.25, 0.3) is 10.9 Å². The van der Waals surface area contributed by atoms with E-state index in [0.717, 1.165) is 5.69 Å². The quantitative estimate of drug-likeness (QED) is 0.623. The van der Waals surface area contributed by atoms with Crippen LogP contribution in [0.4, 0.5) is 11.4 Å². The summed E-state index contributed by atoms with van der Waals surface area (Å²) in [6.45, 7) is 2.18. The number of aryl methyl sites for hydroxylation is 1. The second-order valence-corrected chi connectivity index (χ2v) is 7.30. The lowest BCUT2D eigenvalue weighted by atomic mass is 9.68. The second-order valence-electron chi connectivity index (χ2n) is 7.30. The third kappa shape index (κ3) is 2.06. The van der Waals surface area contributed by atoms with Crippen molar-refractivity contribution in [2.75, 3.05) is 5.32 Å². The molecule has 0 radical (unpaired) electrons. The van der Waals surface area contributed by atoms with E-state index in [1.807, 2.05) is 0 Å². The fourth-order valence-electron chi connectivity index (χ4n) is 4.64. The molecule has 1 N–H and O–H groups in total. The first kappa shape index (κ1) is 14.0. The van der Waals surface area contributed by atoms with Crippen LogP contribution in [-0.4, -0.2) is 4.98 Å². The van der Waals surface area contributed by atoms with E-state index in [1.165, 1.54) is 59.1 Å². The van der Waals surface area contributed by atoms with Crippen LogP contribution in [0, 0.1) is 6.92 Å². The van der Waals surface area contributed by atoms with Gasteiger partial charge in [-0.25, -0.2) is 0 Å². The van der Waals surface area contributed by atoms with Crippen molar-refractivity contribution in [1.29, 1.82) is 0 Å². The van der Waals surface area contributed by atoms with Crippen LogP contribution in [0.15, 0.2) is 48.5 Å². The first-order valence-corrected chi connectivity index (χ1v) is 9.06. The van der Waals surface area contributed by atoms with Crippen molar-refractivity contribution in [2.24, 2.45) is 0 Å². The van der Waals surface area contributed by atoms with Gasteiger partial charge in [-0.3, -0.25) is 4.98 Å². The first-order chi connectivity index (χ1) is 11.8. The lowest BCUT2D eigenvalue weighted by Gasteiger charge is -2.39. The maximum absolute atomic E-state index is 5.16. The molecular formula is C22H22N2. The molecular weight excluding hydrogens is 292 g/mol. The van der Waals surface area contributed by atoms with Crippen molar-refractivity contribution in [2.45, 2.75) is 44.4 Å². The Morgan fingerprint density at radius 3 is 2.42 bits per heavy atom. The summed E-state index contributed by atoms with van der Waals surface area (Å²) < 4.78 is 0. The Kier molecular flexibility index (Phi) is 3.12. The number of nitrogens with one attached hydrogen (secondary N) is 1. The number of para-hydroxylation sites is 2. The molecule has 2 bridgehead atoms. The van der Waals surface area contributed by atoms with Crippen molar-refractivity contribution in [1.82, 2.24) is 4.98 Å². The van der Waals surface area contributed by atoms with Gasteiger partial charge in [-0.15, -0.1) is 0 Å². The molecule has 0 amide bonds. The highest BCUT2D eigenvalue weighted by molar-refractivity contribution is 5.97. The van der Waals surface area contributed by atoms with E-state index in [0.29, 0.717) is 11.8 Å². The molecule has 3 aliphatic carbocycles. The maximum atomic E-state index is 5.16. The molecule has 2 aromatic carbocycles. The Morgan fingerprint density at radius 1 is 0.875 bits per heavy atom. The second kappa shape index (κ2) is 5.34. The summed E-state index contributed by atoms with van der Waals surface area (Å²) in [5, 5.41) is 5.02. The predicted molar refractivity (Wildman–Crippen MR) is 100 cm³/mol. The highest BCUT2D eigenvalue weighted by atomic mass is 14.9. The van der Waals surface area contributed by atoms with Crippen LogP contribution in [-0.2, 0) is 0 Å². The molecule has 6 rings (SSSR count). The Hall–Kier alpha value is -2.35. The van der Waals surface area contributed by atoms with Crippen molar-refractivity contribution in [3.05, 3.63) is 65.4 Å². The topological polar surface area (TPSA) is 24.9 Å². The van der Waals surface area contributed by atoms with Gasteiger partial charge in [-0.1, -0.05) is 36.4 Å². The minimum absolute atomic E-state index is 0.658. The number of nitrogens with zero attached hydrogens (tertiary/aromatic N) is 1. The molecule has 1 heterocycles. The summed E-state index contributed by atoms with van der Waals surface area (Å²) in [6, 6.07) is 17.1. The number of hydrogen-bond acceptors (Lipinski definition) is 2. The highest BCUT2D eigenvalue weighted by Gasteiger charge is 2.36. The van der Waals surface area contributed by atoms with E-state index in [4.69, 9.17) is 4.98 Å². The first-order valence-electron chi connectivity index (χ1n) is 9.06. The van der Waals surface area contributed by atoms with Crippen LogP contribution in [0.2, 0.25) is 0 Å². The third-order valence-electron chi connectivity index (χ3n) is 5.85. The number of pyridine rings is 1. The minimum atomic E-state index is 0.658. The summed E-state index contributed by atoms with van der Waals surface area (Å²) in [6.07, 6.45) is 5.26. The Balaban J connectivity index is 1.80. The average molecular weight is 314 g/mol. The zero-order valence-electron chi connectivity index (χ0n) is 14.0. The van der Waals surface area contributed by atoms with E-state index < -0.39 is 0 Å². The standard InChI is InChI=1S/C22H22N2/c1-14-6-5-9-18-20(14)24-21-16-12-10-15(11-13-16)19(21)22(18)23-17-7-3-2-4-8-17/h2-9,15-16H,10-13H2,1H3,(H,23,24). The summed E-state index contributed by atoms with van der Waals surface area (Å²) in [5.41, 5.74) is 7.78. The SMILES string of the molecule is Cc1cccc2c(Nc3ccccc3)c3c(nc12)C1CCC3CC1. The Bertz CT molecular complexity index is 906. The van der Waals surface area contributed by atoms with Gasteiger partial charge in [0.1, 0.15) is 0 Å². The monoisotopic (exact) mass is 314 g/mol. The molecule has 3 aliphatic rings. The van der Waals surface area contributed by atoms with Gasteiger partial charge >= 0.3 is 0 Å². The summed E-state index contributed by atoms with van der Waals surface area (Å²) in [4.78, 5) is 5.16. The largest absolute Gasteiger partial charge is 0.355 e. The number of anilines is 2. The minimum Gasteiger partial charge on any atom is -0.355 e. The molecule has 0 saturated heterocycles. The van der Waals surface area contributed by atoms with Gasteiger partial charge in [0.2, 0.25) is 0 Å². The summed E-state index contributed by atoms with van der Waals surface area (Å²) >= 11 is 0. The maximum Gasteiger partial charge on any atom is 0.0755 e. The van der Waals surface area contributed by atoms with E-state index in [1.54, 1.807) is 0 Å². The van der Waals surface area contributed by atoms with Gasteiger partial charge in [0.25, 0.3) is 0 Å².